The summed E-state index contributed by atoms with van der Waals surface area (Å²) in [5.74, 6) is 0.0555. The van der Waals surface area contributed by atoms with Gasteiger partial charge in [0.1, 0.15) is 0 Å². The standard InChI is InChI=1S/C20H18N4O3S/c1-11-4-7-14(8-5-11)19-24-23-18(27-19)13(3)26-20(25)16-10-15(21-22-16)17-9-6-12(2)28-17/h4-10,13H,1-3H3,(H,21,22)/t13-/m1/s1. The first-order valence-corrected chi connectivity index (χ1v) is 9.55. The van der Waals surface area contributed by atoms with E-state index >= 15 is 0 Å². The first-order chi connectivity index (χ1) is 13.5. The SMILES string of the molecule is Cc1ccc(-c2nnc([C@@H](C)OC(=O)c3cc(-c4ccc(C)s4)[nH]n3)o2)cc1. The zero-order valence-corrected chi connectivity index (χ0v) is 16.4. The number of thiophene rings is 1. The monoisotopic (exact) mass is 394 g/mol. The number of benzene rings is 1. The second-order valence-corrected chi connectivity index (χ2v) is 7.72. The number of aromatic nitrogens is 4. The van der Waals surface area contributed by atoms with Crippen molar-refractivity contribution in [2.24, 2.45) is 0 Å². The Morgan fingerprint density at radius 1 is 1.14 bits per heavy atom. The van der Waals surface area contributed by atoms with E-state index < -0.39 is 12.1 Å². The highest BCUT2D eigenvalue weighted by molar-refractivity contribution is 7.15. The summed E-state index contributed by atoms with van der Waals surface area (Å²) in [6.45, 7) is 5.71. The topological polar surface area (TPSA) is 93.9 Å². The molecule has 4 rings (SSSR count). The Bertz CT molecular complexity index is 1110. The van der Waals surface area contributed by atoms with Crippen molar-refractivity contribution in [3.05, 3.63) is 64.5 Å². The van der Waals surface area contributed by atoms with E-state index in [1.54, 1.807) is 24.3 Å². The number of H-pyrrole nitrogens is 1. The van der Waals surface area contributed by atoms with Gasteiger partial charge in [-0.3, -0.25) is 5.10 Å². The molecule has 0 aliphatic carbocycles. The van der Waals surface area contributed by atoms with Gasteiger partial charge in [-0.1, -0.05) is 17.7 Å². The molecule has 0 aliphatic rings. The molecule has 4 aromatic rings. The summed E-state index contributed by atoms with van der Waals surface area (Å²) >= 11 is 1.62. The molecule has 0 saturated heterocycles. The molecular weight excluding hydrogens is 376 g/mol. The highest BCUT2D eigenvalue weighted by atomic mass is 32.1. The lowest BCUT2D eigenvalue weighted by molar-refractivity contribution is 0.0273. The molecule has 28 heavy (non-hydrogen) atoms. The summed E-state index contributed by atoms with van der Waals surface area (Å²) in [4.78, 5) is 14.6. The van der Waals surface area contributed by atoms with Crippen LogP contribution in [0, 0.1) is 13.8 Å². The van der Waals surface area contributed by atoms with Crippen molar-refractivity contribution in [3.8, 4) is 22.0 Å². The molecule has 8 heteroatoms. The van der Waals surface area contributed by atoms with Crippen molar-refractivity contribution in [1.29, 1.82) is 0 Å². The van der Waals surface area contributed by atoms with Crippen LogP contribution in [0.4, 0.5) is 0 Å². The number of aryl methyl sites for hydroxylation is 2. The van der Waals surface area contributed by atoms with Crippen LogP contribution >= 0.6 is 11.3 Å². The van der Waals surface area contributed by atoms with Crippen LogP contribution in [-0.2, 0) is 4.74 Å². The number of nitrogens with zero attached hydrogens (tertiary/aromatic N) is 3. The summed E-state index contributed by atoms with van der Waals surface area (Å²) in [5, 5.41) is 14.9. The molecule has 3 heterocycles. The fourth-order valence-electron chi connectivity index (χ4n) is 2.61. The first-order valence-electron chi connectivity index (χ1n) is 8.73. The lowest BCUT2D eigenvalue weighted by Crippen LogP contribution is -2.10. The lowest BCUT2D eigenvalue weighted by Gasteiger charge is -2.07. The Balaban J connectivity index is 1.45. The molecule has 0 unspecified atom stereocenters. The number of carbonyl (C=O) groups is 1. The van der Waals surface area contributed by atoms with Gasteiger partial charge in [0, 0.05) is 10.4 Å². The number of carbonyl (C=O) groups excluding carboxylic acids is 1. The zero-order valence-electron chi connectivity index (χ0n) is 15.6. The van der Waals surface area contributed by atoms with Gasteiger partial charge >= 0.3 is 5.97 Å². The number of ether oxygens (including phenoxy) is 1. The predicted molar refractivity (Wildman–Crippen MR) is 105 cm³/mol. The van der Waals surface area contributed by atoms with Crippen LogP contribution in [0.15, 0.2) is 46.9 Å². The molecule has 1 N–H and O–H groups in total. The average molecular weight is 394 g/mol. The Morgan fingerprint density at radius 3 is 2.64 bits per heavy atom. The third-order valence-corrected chi connectivity index (χ3v) is 5.20. The maximum atomic E-state index is 12.4. The predicted octanol–water partition coefficient (Wildman–Crippen LogP) is 4.72. The van der Waals surface area contributed by atoms with Gasteiger partial charge in [0.05, 0.1) is 10.6 Å². The summed E-state index contributed by atoms with van der Waals surface area (Å²) in [6, 6.07) is 13.4. The van der Waals surface area contributed by atoms with Gasteiger partial charge in [-0.25, -0.2) is 4.79 Å². The van der Waals surface area contributed by atoms with E-state index in [-0.39, 0.29) is 11.6 Å². The normalized spacial score (nSPS) is 12.1. The van der Waals surface area contributed by atoms with Crippen molar-refractivity contribution in [2.45, 2.75) is 26.9 Å². The van der Waals surface area contributed by atoms with Crippen LogP contribution in [0.5, 0.6) is 0 Å². The van der Waals surface area contributed by atoms with Crippen LogP contribution in [0.25, 0.3) is 22.0 Å². The van der Waals surface area contributed by atoms with Crippen molar-refractivity contribution in [1.82, 2.24) is 20.4 Å². The smallest absolute Gasteiger partial charge is 0.359 e. The molecule has 7 nitrogen and oxygen atoms in total. The van der Waals surface area contributed by atoms with E-state index in [2.05, 4.69) is 20.4 Å². The zero-order chi connectivity index (χ0) is 19.7. The number of nitrogens with one attached hydrogen (secondary N) is 1. The molecule has 1 atom stereocenters. The molecule has 3 aromatic heterocycles. The fraction of sp³-hybridized carbons (Fsp3) is 0.200. The van der Waals surface area contributed by atoms with Crippen LogP contribution in [0.1, 0.15) is 39.8 Å². The van der Waals surface area contributed by atoms with Crippen LogP contribution in [-0.4, -0.2) is 26.4 Å². The van der Waals surface area contributed by atoms with Gasteiger partial charge in [-0.15, -0.1) is 21.5 Å². The Labute approximate surface area is 165 Å². The molecule has 0 aliphatic heterocycles. The molecule has 0 amide bonds. The van der Waals surface area contributed by atoms with E-state index in [1.165, 1.54) is 4.88 Å². The van der Waals surface area contributed by atoms with Gasteiger partial charge < -0.3 is 9.15 Å². The molecule has 0 fully saturated rings. The van der Waals surface area contributed by atoms with Crippen molar-refractivity contribution < 1.29 is 13.9 Å². The first kappa shape index (κ1) is 18.1. The molecule has 0 spiro atoms. The largest absolute Gasteiger partial charge is 0.448 e. The van der Waals surface area contributed by atoms with Gasteiger partial charge in [-0.05, 0) is 51.1 Å². The highest BCUT2D eigenvalue weighted by Gasteiger charge is 2.22. The van der Waals surface area contributed by atoms with Crippen LogP contribution in [0.3, 0.4) is 0 Å². The summed E-state index contributed by atoms with van der Waals surface area (Å²) < 4.78 is 11.1. The van der Waals surface area contributed by atoms with Crippen molar-refractivity contribution in [2.75, 3.05) is 0 Å². The molecule has 0 radical (unpaired) electrons. The molecular formula is C20H18N4O3S. The minimum absolute atomic E-state index is 0.200. The van der Waals surface area contributed by atoms with Crippen LogP contribution in [0.2, 0.25) is 0 Å². The van der Waals surface area contributed by atoms with Crippen molar-refractivity contribution >= 4 is 17.3 Å². The number of hydrogen-bond acceptors (Lipinski definition) is 7. The number of aromatic amines is 1. The molecule has 0 bridgehead atoms. The highest BCUT2D eigenvalue weighted by Crippen LogP contribution is 2.27. The maximum absolute atomic E-state index is 12.4. The number of esters is 1. The van der Waals surface area contributed by atoms with E-state index in [1.807, 2.05) is 50.2 Å². The van der Waals surface area contributed by atoms with E-state index in [0.717, 1.165) is 21.7 Å². The lowest BCUT2D eigenvalue weighted by atomic mass is 10.1. The molecule has 142 valence electrons. The molecule has 0 saturated carbocycles. The number of hydrogen-bond donors (Lipinski definition) is 1. The van der Waals surface area contributed by atoms with Crippen molar-refractivity contribution in [3.63, 3.8) is 0 Å². The van der Waals surface area contributed by atoms with Gasteiger partial charge in [0.2, 0.25) is 5.89 Å². The Morgan fingerprint density at radius 2 is 1.93 bits per heavy atom. The molecule has 1 aromatic carbocycles. The van der Waals surface area contributed by atoms with E-state index in [4.69, 9.17) is 9.15 Å². The van der Waals surface area contributed by atoms with Crippen LogP contribution < -0.4 is 0 Å². The van der Waals surface area contributed by atoms with Gasteiger partial charge in [0.15, 0.2) is 11.8 Å². The summed E-state index contributed by atoms with van der Waals surface area (Å²) in [5.41, 5.74) is 2.93. The fourth-order valence-corrected chi connectivity index (χ4v) is 3.45. The quantitative estimate of drug-likeness (QED) is 0.492. The average Bonchev–Trinajstić information content (AvgIpc) is 3.42. The maximum Gasteiger partial charge on any atom is 0.359 e. The van der Waals surface area contributed by atoms with E-state index in [9.17, 15) is 4.79 Å². The third-order valence-electron chi connectivity index (χ3n) is 4.16. The second-order valence-electron chi connectivity index (χ2n) is 6.44. The third kappa shape index (κ3) is 3.72. The number of rotatable bonds is 5. The van der Waals surface area contributed by atoms with E-state index in [0.29, 0.717) is 5.89 Å². The summed E-state index contributed by atoms with van der Waals surface area (Å²) in [6.07, 6.45) is -0.691. The van der Waals surface area contributed by atoms with Gasteiger partial charge in [0.25, 0.3) is 5.89 Å². The second kappa shape index (κ2) is 7.40. The minimum Gasteiger partial charge on any atom is -0.448 e. The van der Waals surface area contributed by atoms with Gasteiger partial charge in [-0.2, -0.15) is 5.10 Å². The summed E-state index contributed by atoms with van der Waals surface area (Å²) in [7, 11) is 0. The Kier molecular flexibility index (Phi) is 4.79. The minimum atomic E-state index is -0.691. The Hall–Kier alpha value is -3.26.